The lowest BCUT2D eigenvalue weighted by Crippen LogP contribution is -2.16. The lowest BCUT2D eigenvalue weighted by molar-refractivity contribution is 0.102. The molecule has 0 aliphatic carbocycles. The molecular weight excluding hydrogens is 508 g/mol. The highest BCUT2D eigenvalue weighted by atomic mass is 79.9. The molecule has 0 saturated carbocycles. The monoisotopic (exact) mass is 534 g/mol. The Kier molecular flexibility index (Phi) is 6.98. The summed E-state index contributed by atoms with van der Waals surface area (Å²) < 4.78 is 17.0. The van der Waals surface area contributed by atoms with Crippen LogP contribution in [0.25, 0.3) is 22.2 Å². The van der Waals surface area contributed by atoms with Gasteiger partial charge in [0.05, 0.1) is 48.3 Å². The van der Waals surface area contributed by atoms with E-state index in [1.54, 1.807) is 33.5 Å². The largest absolute Gasteiger partial charge is 0.497 e. The fourth-order valence-electron chi connectivity index (χ4n) is 4.28. The van der Waals surface area contributed by atoms with Crippen molar-refractivity contribution in [1.82, 2.24) is 4.98 Å². The van der Waals surface area contributed by atoms with Gasteiger partial charge in [-0.25, -0.2) is 4.98 Å². The highest BCUT2D eigenvalue weighted by molar-refractivity contribution is 9.10. The summed E-state index contributed by atoms with van der Waals surface area (Å²) in [6, 6.07) is 15.3. The Bertz CT molecular complexity index is 1430. The number of aryl methyl sites for hydroxylation is 2. The number of rotatable bonds is 6. The Morgan fingerprint density at radius 1 is 0.886 bits per heavy atom. The Morgan fingerprint density at radius 2 is 1.57 bits per heavy atom. The topological polar surface area (TPSA) is 69.7 Å². The minimum absolute atomic E-state index is 0.252. The van der Waals surface area contributed by atoms with Gasteiger partial charge in [-0.1, -0.05) is 11.6 Å². The second-order valence-corrected chi connectivity index (χ2v) is 9.16. The van der Waals surface area contributed by atoms with Gasteiger partial charge < -0.3 is 19.5 Å². The summed E-state index contributed by atoms with van der Waals surface area (Å²) in [4.78, 5) is 18.8. The van der Waals surface area contributed by atoms with Crippen molar-refractivity contribution >= 4 is 38.4 Å². The summed E-state index contributed by atoms with van der Waals surface area (Å²) in [5.74, 6) is 1.61. The molecule has 1 N–H and O–H groups in total. The fraction of sp³-hybridized carbons (Fsp3) is 0.214. The zero-order valence-corrected chi connectivity index (χ0v) is 22.2. The Labute approximate surface area is 213 Å². The molecule has 0 aliphatic rings. The summed E-state index contributed by atoms with van der Waals surface area (Å²) in [5, 5.41) is 3.84. The van der Waals surface area contributed by atoms with Crippen LogP contribution in [0.3, 0.4) is 0 Å². The van der Waals surface area contributed by atoms with Gasteiger partial charge in [-0.2, -0.15) is 0 Å². The third-order valence-electron chi connectivity index (χ3n) is 5.98. The van der Waals surface area contributed by atoms with Crippen molar-refractivity contribution in [3.63, 3.8) is 0 Å². The van der Waals surface area contributed by atoms with Crippen LogP contribution in [0.2, 0.25) is 0 Å². The molecule has 180 valence electrons. The van der Waals surface area contributed by atoms with E-state index >= 15 is 0 Å². The lowest BCUT2D eigenvalue weighted by atomic mass is 9.94. The third kappa shape index (κ3) is 4.68. The highest BCUT2D eigenvalue weighted by Crippen LogP contribution is 2.38. The predicted octanol–water partition coefficient (Wildman–Crippen LogP) is 6.87. The Morgan fingerprint density at radius 3 is 2.20 bits per heavy atom. The quantitative estimate of drug-likeness (QED) is 0.292. The van der Waals surface area contributed by atoms with Gasteiger partial charge >= 0.3 is 0 Å². The van der Waals surface area contributed by atoms with Crippen LogP contribution in [0.5, 0.6) is 17.2 Å². The summed E-state index contributed by atoms with van der Waals surface area (Å²) in [6.07, 6.45) is 0. The molecule has 0 spiro atoms. The van der Waals surface area contributed by atoms with Crippen LogP contribution in [-0.2, 0) is 0 Å². The number of methoxy groups -OCH3 is 3. The number of carbonyl (C=O) groups is 1. The predicted molar refractivity (Wildman–Crippen MR) is 143 cm³/mol. The van der Waals surface area contributed by atoms with Crippen molar-refractivity contribution in [2.45, 2.75) is 20.8 Å². The van der Waals surface area contributed by atoms with E-state index < -0.39 is 0 Å². The molecule has 1 amide bonds. The number of aromatic nitrogens is 1. The van der Waals surface area contributed by atoms with Gasteiger partial charge in [-0.15, -0.1) is 0 Å². The molecule has 4 aromatic rings. The van der Waals surface area contributed by atoms with Gasteiger partial charge in [0.1, 0.15) is 17.2 Å². The molecule has 0 saturated heterocycles. The standard InChI is InChI=1S/C28H27BrN2O4/c1-15-11-16(2)26-20(12-15)25(17(3)27(31-26)18-7-9-19(33-4)10-8-18)28(32)30-22-14-23(34-5)21(29)13-24(22)35-6/h7-14H,1-6H3,(H,30,32). The maximum Gasteiger partial charge on any atom is 0.256 e. The van der Waals surface area contributed by atoms with Gasteiger partial charge in [0, 0.05) is 23.1 Å². The number of hydrogen-bond donors (Lipinski definition) is 1. The van der Waals surface area contributed by atoms with Crippen LogP contribution in [0.1, 0.15) is 27.0 Å². The molecule has 6 nitrogen and oxygen atoms in total. The minimum atomic E-state index is -0.252. The number of carbonyl (C=O) groups excluding carboxylic acids is 1. The zero-order chi connectivity index (χ0) is 25.3. The van der Waals surface area contributed by atoms with Crippen LogP contribution in [0.4, 0.5) is 5.69 Å². The average Bonchev–Trinajstić information content (AvgIpc) is 2.84. The van der Waals surface area contributed by atoms with Crippen LogP contribution in [-0.4, -0.2) is 32.2 Å². The van der Waals surface area contributed by atoms with Gasteiger partial charge in [0.15, 0.2) is 0 Å². The van der Waals surface area contributed by atoms with Gasteiger partial charge in [-0.3, -0.25) is 4.79 Å². The first-order valence-electron chi connectivity index (χ1n) is 11.1. The second-order valence-electron chi connectivity index (χ2n) is 8.31. The van der Waals surface area contributed by atoms with Crippen LogP contribution < -0.4 is 19.5 Å². The molecule has 1 aromatic heterocycles. The highest BCUT2D eigenvalue weighted by Gasteiger charge is 2.22. The molecule has 0 atom stereocenters. The van der Waals surface area contributed by atoms with E-state index in [2.05, 4.69) is 27.3 Å². The van der Waals surface area contributed by atoms with Crippen molar-refractivity contribution < 1.29 is 19.0 Å². The number of nitrogens with one attached hydrogen (secondary N) is 1. The first-order chi connectivity index (χ1) is 16.8. The van der Waals surface area contributed by atoms with E-state index in [-0.39, 0.29) is 5.91 Å². The van der Waals surface area contributed by atoms with Gasteiger partial charge in [-0.05, 0) is 78.2 Å². The van der Waals surface area contributed by atoms with Crippen molar-refractivity contribution in [3.05, 3.63) is 75.3 Å². The summed E-state index contributed by atoms with van der Waals surface area (Å²) in [6.45, 7) is 5.96. The number of halogens is 1. The third-order valence-corrected chi connectivity index (χ3v) is 6.60. The van der Waals surface area contributed by atoms with Gasteiger partial charge in [0.2, 0.25) is 0 Å². The lowest BCUT2D eigenvalue weighted by Gasteiger charge is -2.18. The number of benzene rings is 3. The number of nitrogens with zero attached hydrogens (tertiary/aromatic N) is 1. The van der Waals surface area contributed by atoms with Crippen molar-refractivity contribution in [3.8, 4) is 28.5 Å². The first-order valence-corrected chi connectivity index (χ1v) is 11.9. The van der Waals surface area contributed by atoms with E-state index in [9.17, 15) is 4.79 Å². The number of ether oxygens (including phenoxy) is 3. The van der Waals surface area contributed by atoms with Crippen molar-refractivity contribution in [2.24, 2.45) is 0 Å². The molecule has 35 heavy (non-hydrogen) atoms. The normalized spacial score (nSPS) is 10.8. The zero-order valence-electron chi connectivity index (χ0n) is 20.6. The molecule has 3 aromatic carbocycles. The van der Waals surface area contributed by atoms with E-state index in [0.717, 1.165) is 49.1 Å². The van der Waals surface area contributed by atoms with E-state index in [0.29, 0.717) is 22.7 Å². The number of pyridine rings is 1. The Balaban J connectivity index is 1.92. The van der Waals surface area contributed by atoms with Crippen molar-refractivity contribution in [1.29, 1.82) is 0 Å². The number of anilines is 1. The second kappa shape index (κ2) is 9.96. The smallest absolute Gasteiger partial charge is 0.256 e. The summed E-state index contributed by atoms with van der Waals surface area (Å²) >= 11 is 3.46. The first kappa shape index (κ1) is 24.5. The number of amides is 1. The van der Waals surface area contributed by atoms with Crippen LogP contribution in [0.15, 0.2) is 53.0 Å². The minimum Gasteiger partial charge on any atom is -0.497 e. The number of fused-ring (bicyclic) bond motifs is 1. The molecular formula is C28H27BrN2O4. The number of hydrogen-bond acceptors (Lipinski definition) is 5. The molecule has 7 heteroatoms. The maximum atomic E-state index is 13.8. The fourth-order valence-corrected chi connectivity index (χ4v) is 4.76. The molecule has 0 unspecified atom stereocenters. The molecule has 0 aliphatic heterocycles. The maximum absolute atomic E-state index is 13.8. The van der Waals surface area contributed by atoms with E-state index in [1.807, 2.05) is 51.1 Å². The molecule has 1 heterocycles. The summed E-state index contributed by atoms with van der Waals surface area (Å²) in [5.41, 5.74) is 6.37. The average molecular weight is 535 g/mol. The van der Waals surface area contributed by atoms with E-state index in [1.165, 1.54) is 0 Å². The van der Waals surface area contributed by atoms with Crippen molar-refractivity contribution in [2.75, 3.05) is 26.6 Å². The Hall–Kier alpha value is -3.58. The van der Waals surface area contributed by atoms with E-state index in [4.69, 9.17) is 19.2 Å². The summed E-state index contributed by atoms with van der Waals surface area (Å²) in [7, 11) is 4.77. The molecule has 4 rings (SSSR count). The molecule has 0 bridgehead atoms. The molecule has 0 fully saturated rings. The van der Waals surface area contributed by atoms with Crippen LogP contribution >= 0.6 is 15.9 Å². The van der Waals surface area contributed by atoms with Crippen LogP contribution in [0, 0.1) is 20.8 Å². The SMILES string of the molecule is COc1ccc(-c2nc3c(C)cc(C)cc3c(C(=O)Nc3cc(OC)c(Br)cc3OC)c2C)cc1. The van der Waals surface area contributed by atoms with Gasteiger partial charge in [0.25, 0.3) is 5.91 Å². The molecule has 0 radical (unpaired) electrons.